The molecule has 0 aromatic carbocycles. The number of piperidine rings is 1. The monoisotopic (exact) mass is 269 g/mol. The Hall–Kier alpha value is -1.89. The number of likely N-dealkylation sites (tertiary alicyclic amines) is 1. The molecule has 0 aromatic heterocycles. The van der Waals surface area contributed by atoms with Gasteiger partial charge in [-0.3, -0.25) is 10.1 Å². The van der Waals surface area contributed by atoms with Gasteiger partial charge < -0.3 is 15.3 Å². The molecule has 0 saturated carbocycles. The molecular weight excluding hydrogens is 250 g/mol. The van der Waals surface area contributed by atoms with Gasteiger partial charge in [0, 0.05) is 24.7 Å². The maximum atomic E-state index is 11.6. The van der Waals surface area contributed by atoms with Crippen molar-refractivity contribution < 1.29 is 19.5 Å². The summed E-state index contributed by atoms with van der Waals surface area (Å²) in [4.78, 5) is 35.1. The molecular formula is C12H19N3O4. The molecule has 0 bridgehead atoms. The summed E-state index contributed by atoms with van der Waals surface area (Å²) in [6.07, 6.45) is 2.31. The summed E-state index contributed by atoms with van der Waals surface area (Å²) in [5, 5.41) is 13.1. The zero-order valence-corrected chi connectivity index (χ0v) is 11.0. The maximum Gasteiger partial charge on any atom is 0.328 e. The van der Waals surface area contributed by atoms with E-state index < -0.39 is 17.9 Å². The van der Waals surface area contributed by atoms with Crippen LogP contribution in [0, 0.1) is 5.92 Å². The number of hydrogen-bond acceptors (Lipinski definition) is 4. The third-order valence-electron chi connectivity index (χ3n) is 3.04. The van der Waals surface area contributed by atoms with E-state index in [1.165, 1.54) is 0 Å². The summed E-state index contributed by atoms with van der Waals surface area (Å²) in [5.41, 5.74) is 0. The van der Waals surface area contributed by atoms with Crippen molar-refractivity contribution in [1.29, 1.82) is 0 Å². The number of aliphatic carboxylic acids is 1. The van der Waals surface area contributed by atoms with E-state index in [-0.39, 0.29) is 6.04 Å². The van der Waals surface area contributed by atoms with Crippen molar-refractivity contribution in [3.8, 4) is 0 Å². The second-order valence-corrected chi connectivity index (χ2v) is 4.77. The van der Waals surface area contributed by atoms with Crippen molar-refractivity contribution in [3.05, 3.63) is 12.2 Å². The van der Waals surface area contributed by atoms with Gasteiger partial charge in [0.15, 0.2) is 0 Å². The molecule has 0 aliphatic carbocycles. The van der Waals surface area contributed by atoms with Crippen LogP contribution in [0.15, 0.2) is 12.2 Å². The summed E-state index contributed by atoms with van der Waals surface area (Å²) in [5.74, 6) is -1.69. The quantitative estimate of drug-likeness (QED) is 0.616. The van der Waals surface area contributed by atoms with Crippen molar-refractivity contribution in [2.75, 3.05) is 20.1 Å². The predicted molar refractivity (Wildman–Crippen MR) is 68.5 cm³/mol. The molecule has 1 rings (SSSR count). The standard InChI is InChI=1S/C12H19N3O4/c1-8-7-15(2)6-5-9(8)13-12(19)14-10(16)3-4-11(17)18/h3-4,8-9H,5-7H2,1-2H3,(H,17,18)(H2,13,14,16,19)/b4-3+. The fourth-order valence-electron chi connectivity index (χ4n) is 2.07. The number of hydrogen-bond donors (Lipinski definition) is 3. The lowest BCUT2D eigenvalue weighted by Crippen LogP contribution is -2.52. The van der Waals surface area contributed by atoms with E-state index in [0.29, 0.717) is 12.0 Å². The number of urea groups is 1. The highest BCUT2D eigenvalue weighted by molar-refractivity contribution is 6.02. The normalized spacial score (nSPS) is 24.1. The number of amides is 3. The van der Waals surface area contributed by atoms with Crippen molar-refractivity contribution in [1.82, 2.24) is 15.5 Å². The minimum absolute atomic E-state index is 0.0208. The van der Waals surface area contributed by atoms with Crippen molar-refractivity contribution in [2.45, 2.75) is 19.4 Å². The highest BCUT2D eigenvalue weighted by atomic mass is 16.4. The number of nitrogens with one attached hydrogen (secondary N) is 2. The molecule has 2 unspecified atom stereocenters. The SMILES string of the molecule is CC1CN(C)CCC1NC(=O)NC(=O)/C=C/C(=O)O. The number of rotatable bonds is 3. The highest BCUT2D eigenvalue weighted by Crippen LogP contribution is 2.14. The fourth-order valence-corrected chi connectivity index (χ4v) is 2.07. The van der Waals surface area contributed by atoms with Gasteiger partial charge >= 0.3 is 12.0 Å². The van der Waals surface area contributed by atoms with Crippen molar-refractivity contribution >= 4 is 17.9 Å². The number of carbonyl (C=O) groups excluding carboxylic acids is 2. The first-order valence-electron chi connectivity index (χ1n) is 6.09. The third-order valence-corrected chi connectivity index (χ3v) is 3.04. The van der Waals surface area contributed by atoms with Gasteiger partial charge in [-0.05, 0) is 25.9 Å². The average Bonchev–Trinajstić information content (AvgIpc) is 2.30. The summed E-state index contributed by atoms with van der Waals surface area (Å²) in [6.45, 7) is 3.81. The topological polar surface area (TPSA) is 98.7 Å². The van der Waals surface area contributed by atoms with Crippen LogP contribution in [0.4, 0.5) is 4.79 Å². The van der Waals surface area contributed by atoms with Gasteiger partial charge in [0.1, 0.15) is 0 Å². The number of nitrogens with zero attached hydrogens (tertiary/aromatic N) is 1. The average molecular weight is 269 g/mol. The molecule has 1 heterocycles. The van der Waals surface area contributed by atoms with E-state index in [2.05, 4.69) is 15.5 Å². The minimum Gasteiger partial charge on any atom is -0.478 e. The van der Waals surface area contributed by atoms with Gasteiger partial charge in [0.25, 0.3) is 5.91 Å². The van der Waals surface area contributed by atoms with E-state index in [9.17, 15) is 14.4 Å². The molecule has 106 valence electrons. The van der Waals surface area contributed by atoms with Crippen LogP contribution in [-0.2, 0) is 9.59 Å². The Balaban J connectivity index is 2.39. The van der Waals surface area contributed by atoms with Crippen LogP contribution in [-0.4, -0.2) is 54.1 Å². The van der Waals surface area contributed by atoms with E-state index in [1.807, 2.05) is 14.0 Å². The Kier molecular flexibility index (Phi) is 5.50. The Bertz CT molecular complexity index is 394. The first-order valence-corrected chi connectivity index (χ1v) is 6.09. The highest BCUT2D eigenvalue weighted by Gasteiger charge is 2.25. The summed E-state index contributed by atoms with van der Waals surface area (Å²) in [7, 11) is 2.02. The van der Waals surface area contributed by atoms with Crippen LogP contribution in [0.25, 0.3) is 0 Å². The smallest absolute Gasteiger partial charge is 0.328 e. The molecule has 1 aliphatic rings. The fraction of sp³-hybridized carbons (Fsp3) is 0.583. The van der Waals surface area contributed by atoms with Crippen LogP contribution < -0.4 is 10.6 Å². The molecule has 19 heavy (non-hydrogen) atoms. The van der Waals surface area contributed by atoms with E-state index in [0.717, 1.165) is 25.6 Å². The Labute approximate surface area is 111 Å². The third kappa shape index (κ3) is 5.52. The molecule has 7 nitrogen and oxygen atoms in total. The maximum absolute atomic E-state index is 11.6. The Morgan fingerprint density at radius 3 is 2.58 bits per heavy atom. The summed E-state index contributed by atoms with van der Waals surface area (Å²) < 4.78 is 0. The molecule has 0 radical (unpaired) electrons. The Morgan fingerprint density at radius 1 is 1.32 bits per heavy atom. The largest absolute Gasteiger partial charge is 0.478 e. The van der Waals surface area contributed by atoms with Crippen LogP contribution in [0.5, 0.6) is 0 Å². The van der Waals surface area contributed by atoms with Gasteiger partial charge in [0.2, 0.25) is 0 Å². The van der Waals surface area contributed by atoms with Crippen LogP contribution in [0.1, 0.15) is 13.3 Å². The van der Waals surface area contributed by atoms with Gasteiger partial charge in [0.05, 0.1) is 0 Å². The molecule has 2 atom stereocenters. The molecule has 1 aliphatic heterocycles. The summed E-state index contributed by atoms with van der Waals surface area (Å²) in [6, 6.07) is -0.575. The first-order chi connectivity index (χ1) is 8.88. The van der Waals surface area contributed by atoms with Crippen molar-refractivity contribution in [2.24, 2.45) is 5.92 Å². The molecule has 1 fully saturated rings. The van der Waals surface area contributed by atoms with Crippen LogP contribution in [0.3, 0.4) is 0 Å². The number of carbonyl (C=O) groups is 3. The van der Waals surface area contributed by atoms with Gasteiger partial charge in [-0.1, -0.05) is 6.92 Å². The van der Waals surface area contributed by atoms with Gasteiger partial charge in [-0.15, -0.1) is 0 Å². The number of carboxylic acid groups (broad SMARTS) is 1. The molecule has 7 heteroatoms. The van der Waals surface area contributed by atoms with Crippen LogP contribution >= 0.6 is 0 Å². The molecule has 0 aromatic rings. The lowest BCUT2D eigenvalue weighted by molar-refractivity contribution is -0.131. The van der Waals surface area contributed by atoms with Crippen LogP contribution in [0.2, 0.25) is 0 Å². The van der Waals surface area contributed by atoms with E-state index in [4.69, 9.17) is 5.11 Å². The summed E-state index contributed by atoms with van der Waals surface area (Å²) >= 11 is 0. The van der Waals surface area contributed by atoms with Gasteiger partial charge in [-0.2, -0.15) is 0 Å². The second-order valence-electron chi connectivity index (χ2n) is 4.77. The zero-order chi connectivity index (χ0) is 14.4. The van der Waals surface area contributed by atoms with Crippen molar-refractivity contribution in [3.63, 3.8) is 0 Å². The molecule has 0 spiro atoms. The molecule has 3 amide bonds. The molecule has 1 saturated heterocycles. The van der Waals surface area contributed by atoms with E-state index >= 15 is 0 Å². The predicted octanol–water partition coefficient (Wildman–Crippen LogP) is -0.207. The van der Waals surface area contributed by atoms with E-state index in [1.54, 1.807) is 0 Å². The first kappa shape index (κ1) is 15.2. The number of imide groups is 1. The van der Waals surface area contributed by atoms with Gasteiger partial charge in [-0.25, -0.2) is 9.59 Å². The Morgan fingerprint density at radius 2 is 2.00 bits per heavy atom. The lowest BCUT2D eigenvalue weighted by atomic mass is 9.94. The molecule has 3 N–H and O–H groups in total. The number of carboxylic acids is 1. The lowest BCUT2D eigenvalue weighted by Gasteiger charge is -2.35. The zero-order valence-electron chi connectivity index (χ0n) is 11.0. The second kappa shape index (κ2) is 6.89. The minimum atomic E-state index is -1.24.